The van der Waals surface area contributed by atoms with Crippen molar-refractivity contribution in [2.45, 2.75) is 25.5 Å². The Morgan fingerprint density at radius 1 is 1.48 bits per heavy atom. The predicted molar refractivity (Wildman–Crippen MR) is 80.1 cm³/mol. The molecule has 1 aliphatic heterocycles. The van der Waals surface area contributed by atoms with E-state index in [1.54, 1.807) is 6.20 Å². The zero-order valence-electron chi connectivity index (χ0n) is 12.2. The van der Waals surface area contributed by atoms with Crippen molar-refractivity contribution in [3.8, 4) is 5.75 Å². The van der Waals surface area contributed by atoms with Crippen LogP contribution in [0.4, 0.5) is 0 Å². The summed E-state index contributed by atoms with van der Waals surface area (Å²) >= 11 is 0. The molecule has 21 heavy (non-hydrogen) atoms. The molecule has 0 spiro atoms. The summed E-state index contributed by atoms with van der Waals surface area (Å²) in [5, 5.41) is 10.6. The van der Waals surface area contributed by atoms with Crippen molar-refractivity contribution in [1.29, 1.82) is 0 Å². The van der Waals surface area contributed by atoms with Crippen molar-refractivity contribution in [3.05, 3.63) is 48.0 Å². The number of aromatic amines is 1. The van der Waals surface area contributed by atoms with E-state index in [0.717, 1.165) is 36.6 Å². The summed E-state index contributed by atoms with van der Waals surface area (Å²) in [4.78, 5) is 9.50. The van der Waals surface area contributed by atoms with Crippen molar-refractivity contribution in [3.63, 3.8) is 0 Å². The molecule has 0 aliphatic carbocycles. The summed E-state index contributed by atoms with van der Waals surface area (Å²) in [6.45, 7) is 4.56. The first-order valence-corrected chi connectivity index (χ1v) is 7.25. The predicted octanol–water partition coefficient (Wildman–Crippen LogP) is 1.73. The molecular weight excluding hydrogens is 266 g/mol. The molecule has 2 aromatic rings. The monoisotopic (exact) mass is 287 g/mol. The van der Waals surface area contributed by atoms with Crippen LogP contribution >= 0.6 is 0 Å². The van der Waals surface area contributed by atoms with Gasteiger partial charge in [0.2, 0.25) is 0 Å². The maximum Gasteiger partial charge on any atom is 0.120 e. The zero-order chi connectivity index (χ0) is 14.7. The van der Waals surface area contributed by atoms with Gasteiger partial charge in [-0.15, -0.1) is 0 Å². The molecule has 1 saturated heterocycles. The van der Waals surface area contributed by atoms with Gasteiger partial charge in [0.25, 0.3) is 0 Å². The number of likely N-dealkylation sites (tertiary alicyclic amines) is 1. The van der Waals surface area contributed by atoms with E-state index in [1.807, 2.05) is 37.4 Å². The van der Waals surface area contributed by atoms with Crippen LogP contribution < -0.4 is 4.74 Å². The number of aryl methyl sites for hydroxylation is 1. The minimum atomic E-state index is -0.781. The molecule has 2 N–H and O–H groups in total. The van der Waals surface area contributed by atoms with Crippen molar-refractivity contribution in [1.82, 2.24) is 14.9 Å². The highest BCUT2D eigenvalue weighted by Gasteiger charge is 2.37. The molecule has 1 aromatic heterocycles. The lowest BCUT2D eigenvalue weighted by atomic mass is 10.1. The number of ether oxygens (including phenoxy) is 1. The molecule has 0 unspecified atom stereocenters. The van der Waals surface area contributed by atoms with Crippen LogP contribution in [0, 0.1) is 6.92 Å². The zero-order valence-corrected chi connectivity index (χ0v) is 12.2. The van der Waals surface area contributed by atoms with Crippen LogP contribution in [0.3, 0.4) is 0 Å². The molecule has 0 amide bonds. The standard InChI is InChI=1S/C16H21N3O2/c1-13-3-2-4-14(9-13)21-12-16(20)5-8-19(11-16)10-15-17-6-7-18-15/h2-4,6-7,9,20H,5,8,10-12H2,1H3,(H,17,18)/t16-/m1/s1. The van der Waals surface area contributed by atoms with Gasteiger partial charge in [-0.25, -0.2) is 4.98 Å². The number of nitrogens with one attached hydrogen (secondary N) is 1. The van der Waals surface area contributed by atoms with Crippen LogP contribution in [0.15, 0.2) is 36.7 Å². The lowest BCUT2D eigenvalue weighted by Gasteiger charge is -2.23. The number of aromatic nitrogens is 2. The van der Waals surface area contributed by atoms with E-state index >= 15 is 0 Å². The Kier molecular flexibility index (Phi) is 3.94. The van der Waals surface area contributed by atoms with Crippen LogP contribution in [0.25, 0.3) is 0 Å². The van der Waals surface area contributed by atoms with Gasteiger partial charge in [0.15, 0.2) is 0 Å². The summed E-state index contributed by atoms with van der Waals surface area (Å²) in [6, 6.07) is 7.90. The lowest BCUT2D eigenvalue weighted by Crippen LogP contribution is -2.39. The summed E-state index contributed by atoms with van der Waals surface area (Å²) in [5.74, 6) is 1.74. The SMILES string of the molecule is Cc1cccc(OC[C@@]2(O)CCN(Cc3ncc[nH]3)C2)c1. The number of nitrogens with zero attached hydrogens (tertiary/aromatic N) is 2. The smallest absolute Gasteiger partial charge is 0.120 e. The summed E-state index contributed by atoms with van der Waals surface area (Å²) in [5.41, 5.74) is 0.376. The Balaban J connectivity index is 1.53. The molecule has 5 nitrogen and oxygen atoms in total. The van der Waals surface area contributed by atoms with E-state index in [9.17, 15) is 5.11 Å². The maximum atomic E-state index is 10.6. The van der Waals surface area contributed by atoms with Gasteiger partial charge < -0.3 is 14.8 Å². The highest BCUT2D eigenvalue weighted by Crippen LogP contribution is 2.24. The minimum absolute atomic E-state index is 0.325. The van der Waals surface area contributed by atoms with Gasteiger partial charge in [-0.05, 0) is 31.0 Å². The fourth-order valence-electron chi connectivity index (χ4n) is 2.71. The van der Waals surface area contributed by atoms with Crippen LogP contribution in [0.5, 0.6) is 5.75 Å². The molecule has 5 heteroatoms. The highest BCUT2D eigenvalue weighted by atomic mass is 16.5. The number of hydrogen-bond donors (Lipinski definition) is 2. The van der Waals surface area contributed by atoms with Crippen molar-refractivity contribution < 1.29 is 9.84 Å². The average Bonchev–Trinajstić information content (AvgIpc) is 3.08. The third-order valence-corrected chi connectivity index (χ3v) is 3.84. The van der Waals surface area contributed by atoms with Gasteiger partial charge >= 0.3 is 0 Å². The highest BCUT2D eigenvalue weighted by molar-refractivity contribution is 5.27. The normalized spacial score (nSPS) is 22.6. The summed E-state index contributed by atoms with van der Waals surface area (Å²) < 4.78 is 5.76. The van der Waals surface area contributed by atoms with Crippen LogP contribution in [0.2, 0.25) is 0 Å². The van der Waals surface area contributed by atoms with E-state index in [2.05, 4.69) is 14.9 Å². The second kappa shape index (κ2) is 5.87. The molecule has 2 heterocycles. The summed E-state index contributed by atoms with van der Waals surface area (Å²) in [6.07, 6.45) is 4.29. The van der Waals surface area contributed by atoms with Gasteiger partial charge in [0, 0.05) is 25.5 Å². The molecule has 1 aliphatic rings. The first-order valence-electron chi connectivity index (χ1n) is 7.25. The molecule has 1 fully saturated rings. The van der Waals surface area contributed by atoms with E-state index in [1.165, 1.54) is 0 Å². The van der Waals surface area contributed by atoms with E-state index in [-0.39, 0.29) is 0 Å². The molecule has 112 valence electrons. The third-order valence-electron chi connectivity index (χ3n) is 3.84. The van der Waals surface area contributed by atoms with Crippen LogP contribution in [-0.2, 0) is 6.54 Å². The number of aliphatic hydroxyl groups is 1. The fourth-order valence-corrected chi connectivity index (χ4v) is 2.71. The molecule has 1 aromatic carbocycles. The molecule has 0 radical (unpaired) electrons. The van der Waals surface area contributed by atoms with Gasteiger partial charge in [-0.3, -0.25) is 4.90 Å². The van der Waals surface area contributed by atoms with Crippen molar-refractivity contribution in [2.24, 2.45) is 0 Å². The first-order chi connectivity index (χ1) is 10.1. The second-order valence-electron chi connectivity index (χ2n) is 5.83. The quantitative estimate of drug-likeness (QED) is 0.879. The number of benzene rings is 1. The first kappa shape index (κ1) is 14.1. The minimum Gasteiger partial charge on any atom is -0.491 e. The van der Waals surface area contributed by atoms with Gasteiger partial charge in [-0.2, -0.15) is 0 Å². The number of β-amino-alcohol motifs (C(OH)–C–C–N with tert-alkyl or cyclic N) is 1. The van der Waals surface area contributed by atoms with Crippen LogP contribution in [-0.4, -0.2) is 45.3 Å². The number of imidazole rings is 1. The number of hydrogen-bond acceptors (Lipinski definition) is 4. The molecule has 3 rings (SSSR count). The molecule has 1 atom stereocenters. The Morgan fingerprint density at radius 3 is 3.14 bits per heavy atom. The average molecular weight is 287 g/mol. The Labute approximate surface area is 124 Å². The largest absolute Gasteiger partial charge is 0.491 e. The second-order valence-corrected chi connectivity index (χ2v) is 5.83. The van der Waals surface area contributed by atoms with E-state index in [0.29, 0.717) is 13.2 Å². The number of H-pyrrole nitrogens is 1. The number of rotatable bonds is 5. The lowest BCUT2D eigenvalue weighted by molar-refractivity contribution is 0.00321. The van der Waals surface area contributed by atoms with Gasteiger partial charge in [0.05, 0.1) is 6.54 Å². The maximum absolute atomic E-state index is 10.6. The molecular formula is C16H21N3O2. The van der Waals surface area contributed by atoms with E-state index in [4.69, 9.17) is 4.74 Å². The topological polar surface area (TPSA) is 61.4 Å². The Morgan fingerprint density at radius 2 is 2.38 bits per heavy atom. The summed E-state index contributed by atoms with van der Waals surface area (Å²) in [7, 11) is 0. The Hall–Kier alpha value is -1.85. The third kappa shape index (κ3) is 3.62. The Bertz CT molecular complexity index is 585. The molecule has 0 saturated carbocycles. The van der Waals surface area contributed by atoms with E-state index < -0.39 is 5.60 Å². The fraction of sp³-hybridized carbons (Fsp3) is 0.438. The van der Waals surface area contributed by atoms with Crippen molar-refractivity contribution in [2.75, 3.05) is 19.7 Å². The van der Waals surface area contributed by atoms with Gasteiger partial charge in [0.1, 0.15) is 23.8 Å². The van der Waals surface area contributed by atoms with Gasteiger partial charge in [-0.1, -0.05) is 12.1 Å². The molecule has 0 bridgehead atoms. The van der Waals surface area contributed by atoms with Crippen molar-refractivity contribution >= 4 is 0 Å². The van der Waals surface area contributed by atoms with Crippen LogP contribution in [0.1, 0.15) is 17.8 Å².